The van der Waals surface area contributed by atoms with Gasteiger partial charge in [0, 0.05) is 13.7 Å². The lowest BCUT2D eigenvalue weighted by Crippen LogP contribution is -2.46. The first kappa shape index (κ1) is 19.9. The third-order valence-electron chi connectivity index (χ3n) is 5.41. The normalized spacial score (nSPS) is 22.9. The second-order valence-electron chi connectivity index (χ2n) is 7.34. The lowest BCUT2D eigenvalue weighted by atomic mass is 9.92. The van der Waals surface area contributed by atoms with E-state index in [1.54, 1.807) is 7.11 Å². The number of carbonyl (C=O) groups is 1. The van der Waals surface area contributed by atoms with Gasteiger partial charge in [0.1, 0.15) is 5.54 Å². The predicted molar refractivity (Wildman–Crippen MR) is 101 cm³/mol. The number of benzene rings is 1. The molecule has 140 valence electrons. The Morgan fingerprint density at radius 3 is 2.48 bits per heavy atom. The number of esters is 1. The van der Waals surface area contributed by atoms with E-state index in [0.717, 1.165) is 19.4 Å². The molecule has 0 saturated heterocycles. The van der Waals surface area contributed by atoms with Crippen LogP contribution in [0.25, 0.3) is 0 Å². The number of hydrogen-bond donors (Lipinski definition) is 1. The van der Waals surface area contributed by atoms with Crippen molar-refractivity contribution in [3.8, 4) is 0 Å². The van der Waals surface area contributed by atoms with E-state index in [0.29, 0.717) is 18.8 Å². The number of unbranched alkanes of at least 4 members (excludes halogenated alkanes) is 4. The quantitative estimate of drug-likeness (QED) is 0.514. The Morgan fingerprint density at radius 1 is 1.12 bits per heavy atom. The van der Waals surface area contributed by atoms with Gasteiger partial charge < -0.3 is 15.2 Å². The monoisotopic (exact) mass is 347 g/mol. The predicted octanol–water partition coefficient (Wildman–Crippen LogP) is 3.96. The molecule has 1 aromatic rings. The Hall–Kier alpha value is -1.39. The fourth-order valence-corrected chi connectivity index (χ4v) is 3.81. The van der Waals surface area contributed by atoms with Crippen LogP contribution in [0.3, 0.4) is 0 Å². The molecule has 4 heteroatoms. The number of ether oxygens (including phenoxy) is 2. The number of aryl methyl sites for hydroxylation is 1. The van der Waals surface area contributed by atoms with Gasteiger partial charge >= 0.3 is 5.97 Å². The van der Waals surface area contributed by atoms with Crippen LogP contribution in [0.5, 0.6) is 0 Å². The average molecular weight is 347 g/mol. The van der Waals surface area contributed by atoms with Crippen molar-refractivity contribution in [1.82, 2.24) is 0 Å². The van der Waals surface area contributed by atoms with Gasteiger partial charge in [-0.15, -0.1) is 0 Å². The van der Waals surface area contributed by atoms with Gasteiger partial charge in [-0.25, -0.2) is 0 Å². The maximum atomic E-state index is 11.8. The first-order chi connectivity index (χ1) is 12.1. The van der Waals surface area contributed by atoms with Crippen LogP contribution in [-0.4, -0.2) is 32.3 Å². The number of carbonyl (C=O) groups excluding carboxylic acids is 1. The third-order valence-corrected chi connectivity index (χ3v) is 5.41. The second kappa shape index (κ2) is 9.93. The zero-order valence-corrected chi connectivity index (χ0v) is 15.8. The molecule has 2 atom stereocenters. The molecular formula is C21H33NO3. The Kier molecular flexibility index (Phi) is 7.91. The van der Waals surface area contributed by atoms with Crippen molar-refractivity contribution >= 4 is 5.97 Å². The van der Waals surface area contributed by atoms with Crippen LogP contribution in [0.2, 0.25) is 0 Å². The van der Waals surface area contributed by atoms with Crippen LogP contribution in [0.1, 0.15) is 68.4 Å². The van der Waals surface area contributed by atoms with Gasteiger partial charge in [-0.2, -0.15) is 0 Å². The van der Waals surface area contributed by atoms with Crippen molar-refractivity contribution in [1.29, 1.82) is 0 Å². The van der Waals surface area contributed by atoms with E-state index in [4.69, 9.17) is 15.2 Å². The molecule has 1 aliphatic rings. The summed E-state index contributed by atoms with van der Waals surface area (Å²) in [5.41, 5.74) is 8.09. The van der Waals surface area contributed by atoms with E-state index in [2.05, 4.69) is 24.3 Å². The van der Waals surface area contributed by atoms with E-state index >= 15 is 0 Å². The molecule has 0 aliphatic heterocycles. The summed E-state index contributed by atoms with van der Waals surface area (Å²) >= 11 is 0. The van der Waals surface area contributed by atoms with E-state index in [1.807, 2.05) is 0 Å². The van der Waals surface area contributed by atoms with E-state index in [-0.39, 0.29) is 5.97 Å². The third kappa shape index (κ3) is 5.82. The minimum atomic E-state index is -0.805. The molecular weight excluding hydrogens is 314 g/mol. The van der Waals surface area contributed by atoms with E-state index in [1.165, 1.54) is 50.3 Å². The SMILES string of the molecule is COCCCCCCCc1ccc(C2CCC(N)(C(=O)OC)C2)cc1. The first-order valence-electron chi connectivity index (χ1n) is 9.54. The minimum Gasteiger partial charge on any atom is -0.468 e. The standard InChI is InChI=1S/C21H33NO3/c1-24-15-7-5-3-4-6-8-17-9-11-18(12-10-17)19-13-14-21(22,16-19)20(23)25-2/h9-12,19H,3-8,13-16,22H2,1-2H3. The summed E-state index contributed by atoms with van der Waals surface area (Å²) in [6.07, 6.45) is 9.71. The molecule has 4 nitrogen and oxygen atoms in total. The molecule has 0 heterocycles. The van der Waals surface area contributed by atoms with Crippen LogP contribution < -0.4 is 5.73 Å². The van der Waals surface area contributed by atoms with Crippen molar-refractivity contribution in [2.75, 3.05) is 20.8 Å². The highest BCUT2D eigenvalue weighted by atomic mass is 16.5. The van der Waals surface area contributed by atoms with Gasteiger partial charge in [-0.3, -0.25) is 4.79 Å². The zero-order chi connectivity index (χ0) is 18.1. The molecule has 2 unspecified atom stereocenters. The van der Waals surface area contributed by atoms with Gasteiger partial charge in [-0.1, -0.05) is 43.5 Å². The smallest absolute Gasteiger partial charge is 0.325 e. The molecule has 0 spiro atoms. The van der Waals surface area contributed by atoms with E-state index < -0.39 is 5.54 Å². The summed E-state index contributed by atoms with van der Waals surface area (Å²) in [5, 5.41) is 0. The number of methoxy groups -OCH3 is 2. The van der Waals surface area contributed by atoms with Crippen LogP contribution in [0.15, 0.2) is 24.3 Å². The van der Waals surface area contributed by atoms with Crippen molar-refractivity contribution < 1.29 is 14.3 Å². The Morgan fingerprint density at radius 2 is 1.80 bits per heavy atom. The maximum Gasteiger partial charge on any atom is 0.325 e. The van der Waals surface area contributed by atoms with Gasteiger partial charge in [0.05, 0.1) is 7.11 Å². The van der Waals surface area contributed by atoms with Gasteiger partial charge in [0.2, 0.25) is 0 Å². The minimum absolute atomic E-state index is 0.280. The molecule has 1 fully saturated rings. The highest BCUT2D eigenvalue weighted by molar-refractivity contribution is 5.81. The van der Waals surface area contributed by atoms with Crippen LogP contribution in [-0.2, 0) is 20.7 Å². The van der Waals surface area contributed by atoms with Gasteiger partial charge in [-0.05, 0) is 55.6 Å². The molecule has 0 radical (unpaired) electrons. The number of rotatable bonds is 10. The van der Waals surface area contributed by atoms with Gasteiger partial charge in [0.15, 0.2) is 0 Å². The second-order valence-corrected chi connectivity index (χ2v) is 7.34. The molecule has 1 aromatic carbocycles. The molecule has 1 saturated carbocycles. The molecule has 0 bridgehead atoms. The molecule has 0 amide bonds. The number of nitrogens with two attached hydrogens (primary N) is 1. The summed E-state index contributed by atoms with van der Waals surface area (Å²) in [5.74, 6) is 0.0797. The Labute approximate surface area is 152 Å². The fourth-order valence-electron chi connectivity index (χ4n) is 3.81. The zero-order valence-electron chi connectivity index (χ0n) is 15.8. The molecule has 2 N–H and O–H groups in total. The van der Waals surface area contributed by atoms with Gasteiger partial charge in [0.25, 0.3) is 0 Å². The summed E-state index contributed by atoms with van der Waals surface area (Å²) in [7, 11) is 3.18. The first-order valence-corrected chi connectivity index (χ1v) is 9.54. The molecule has 1 aliphatic carbocycles. The van der Waals surface area contributed by atoms with Crippen molar-refractivity contribution in [2.45, 2.75) is 69.2 Å². The summed E-state index contributed by atoms with van der Waals surface area (Å²) in [6.45, 7) is 0.878. The van der Waals surface area contributed by atoms with Crippen LogP contribution in [0.4, 0.5) is 0 Å². The van der Waals surface area contributed by atoms with Crippen LogP contribution in [0, 0.1) is 0 Å². The van der Waals surface area contributed by atoms with Crippen molar-refractivity contribution in [2.24, 2.45) is 5.73 Å². The fraction of sp³-hybridized carbons (Fsp3) is 0.667. The summed E-state index contributed by atoms with van der Waals surface area (Å²) in [4.78, 5) is 11.8. The molecule has 0 aromatic heterocycles. The van der Waals surface area contributed by atoms with E-state index in [9.17, 15) is 4.79 Å². The summed E-state index contributed by atoms with van der Waals surface area (Å²) in [6, 6.07) is 8.88. The highest BCUT2D eigenvalue weighted by Gasteiger charge is 2.43. The molecule has 25 heavy (non-hydrogen) atoms. The topological polar surface area (TPSA) is 61.5 Å². The highest BCUT2D eigenvalue weighted by Crippen LogP contribution is 2.40. The Balaban J connectivity index is 1.74. The number of hydrogen-bond acceptors (Lipinski definition) is 4. The molecule has 2 rings (SSSR count). The lowest BCUT2D eigenvalue weighted by molar-refractivity contribution is -0.146. The maximum absolute atomic E-state index is 11.8. The average Bonchev–Trinajstić information content (AvgIpc) is 3.04. The van der Waals surface area contributed by atoms with Crippen LogP contribution >= 0.6 is 0 Å². The summed E-state index contributed by atoms with van der Waals surface area (Å²) < 4.78 is 9.93. The lowest BCUT2D eigenvalue weighted by Gasteiger charge is -2.20. The Bertz CT molecular complexity index is 528. The largest absolute Gasteiger partial charge is 0.468 e. The van der Waals surface area contributed by atoms with Crippen molar-refractivity contribution in [3.05, 3.63) is 35.4 Å². The van der Waals surface area contributed by atoms with Crippen molar-refractivity contribution in [3.63, 3.8) is 0 Å².